The maximum Gasteiger partial charge on any atom is 0.243 e. The van der Waals surface area contributed by atoms with Crippen LogP contribution in [0.4, 0.5) is 0 Å². The number of carbonyl (C=O) groups excluding carboxylic acids is 2. The van der Waals surface area contributed by atoms with Crippen LogP contribution in [-0.2, 0) is 16.1 Å². The molecule has 0 saturated carbocycles. The van der Waals surface area contributed by atoms with E-state index in [1.165, 1.54) is 5.01 Å². The van der Waals surface area contributed by atoms with Gasteiger partial charge in [0.15, 0.2) is 0 Å². The minimum atomic E-state index is -0.178. The Bertz CT molecular complexity index is 1080. The molecule has 2 aromatic heterocycles. The topological polar surface area (TPSA) is 79.1 Å². The molecule has 1 aliphatic rings. The molecule has 1 N–H and O–H groups in total. The monoisotopic (exact) mass is 453 g/mol. The molecule has 2 amide bonds. The number of imidazole rings is 1. The molecule has 0 fully saturated rings. The van der Waals surface area contributed by atoms with Crippen molar-refractivity contribution in [3.63, 3.8) is 0 Å². The van der Waals surface area contributed by atoms with Gasteiger partial charge in [0.1, 0.15) is 5.65 Å². The van der Waals surface area contributed by atoms with Crippen LogP contribution in [0.2, 0.25) is 0 Å². The van der Waals surface area contributed by atoms with Gasteiger partial charge in [-0.2, -0.15) is 5.10 Å². The van der Waals surface area contributed by atoms with Gasteiger partial charge < -0.3 is 9.72 Å². The maximum atomic E-state index is 12.4. The van der Waals surface area contributed by atoms with Crippen molar-refractivity contribution in [3.8, 4) is 0 Å². The highest BCUT2D eigenvalue weighted by Gasteiger charge is 2.21. The summed E-state index contributed by atoms with van der Waals surface area (Å²) in [6, 6.07) is 13.6. The van der Waals surface area contributed by atoms with Crippen molar-refractivity contribution < 1.29 is 9.59 Å². The number of benzene rings is 1. The van der Waals surface area contributed by atoms with E-state index < -0.39 is 0 Å². The predicted octanol–water partition coefficient (Wildman–Crippen LogP) is 3.13. The number of nitrogens with one attached hydrogen (secondary N) is 1. The molecule has 8 heteroatoms. The summed E-state index contributed by atoms with van der Waals surface area (Å²) in [5, 5.41) is 8.70. The van der Waals surface area contributed by atoms with Crippen LogP contribution in [0.1, 0.15) is 30.5 Å². The number of hydrazone groups is 1. The molecule has 1 aliphatic heterocycles. The average Bonchev–Trinajstić information content (AvgIpc) is 3.38. The zero-order chi connectivity index (χ0) is 20.2. The minimum Gasteiger partial charge on any atom is -0.350 e. The van der Waals surface area contributed by atoms with Crippen molar-refractivity contribution in [1.82, 2.24) is 19.7 Å². The summed E-state index contributed by atoms with van der Waals surface area (Å²) in [5.74, 6) is -0.313. The van der Waals surface area contributed by atoms with Crippen molar-refractivity contribution >= 4 is 39.1 Å². The Hall–Kier alpha value is -3.00. The van der Waals surface area contributed by atoms with Gasteiger partial charge in [0.05, 0.1) is 24.5 Å². The number of hydrogen-bond acceptors (Lipinski definition) is 4. The molecule has 148 valence electrons. The highest BCUT2D eigenvalue weighted by atomic mass is 79.9. The molecule has 0 bridgehead atoms. The molecule has 0 radical (unpaired) electrons. The smallest absolute Gasteiger partial charge is 0.243 e. The third-order valence-electron chi connectivity index (χ3n) is 4.69. The lowest BCUT2D eigenvalue weighted by molar-refractivity contribution is -0.133. The van der Waals surface area contributed by atoms with E-state index >= 15 is 0 Å². The van der Waals surface area contributed by atoms with Crippen molar-refractivity contribution in [2.24, 2.45) is 5.10 Å². The summed E-state index contributed by atoms with van der Waals surface area (Å²) < 4.78 is 2.85. The number of aromatic nitrogens is 2. The lowest BCUT2D eigenvalue weighted by Crippen LogP contribution is -2.27. The van der Waals surface area contributed by atoms with Gasteiger partial charge in [0, 0.05) is 36.1 Å². The number of carbonyl (C=O) groups is 2. The third kappa shape index (κ3) is 4.71. The Balaban J connectivity index is 1.26. The number of fused-ring (bicyclic) bond motifs is 1. The third-order valence-corrected chi connectivity index (χ3v) is 5.16. The van der Waals surface area contributed by atoms with E-state index in [-0.39, 0.29) is 24.7 Å². The van der Waals surface area contributed by atoms with Gasteiger partial charge in [-0.3, -0.25) is 9.59 Å². The maximum absolute atomic E-state index is 12.4. The lowest BCUT2D eigenvalue weighted by Gasteiger charge is -2.11. The first-order valence-electron chi connectivity index (χ1n) is 9.41. The number of halogens is 1. The molecule has 3 aromatic rings. The average molecular weight is 454 g/mol. The fourth-order valence-electron chi connectivity index (χ4n) is 3.20. The van der Waals surface area contributed by atoms with Crippen LogP contribution < -0.4 is 5.32 Å². The van der Waals surface area contributed by atoms with E-state index in [1.807, 2.05) is 59.3 Å². The molecule has 4 rings (SSSR count). The number of amides is 2. The molecular formula is C21H20BrN5O2. The summed E-state index contributed by atoms with van der Waals surface area (Å²) in [4.78, 5) is 29.0. The standard InChI is InChI=1S/C21H20BrN5O2/c22-16-6-7-19-24-17(14-26(19)13-16)12-23-20(28)8-9-21(29)27-11-10-18(25-27)15-4-2-1-3-5-15/h1-7,13-14H,8-12H2,(H,23,28). The van der Waals surface area contributed by atoms with Crippen molar-refractivity contribution in [1.29, 1.82) is 0 Å². The number of pyridine rings is 1. The summed E-state index contributed by atoms with van der Waals surface area (Å²) in [6.07, 6.45) is 4.77. The Morgan fingerprint density at radius 2 is 1.90 bits per heavy atom. The number of rotatable bonds is 6. The molecule has 0 atom stereocenters. The molecule has 0 saturated heterocycles. The van der Waals surface area contributed by atoms with Crippen molar-refractivity contribution in [2.75, 3.05) is 6.54 Å². The van der Waals surface area contributed by atoms with E-state index in [9.17, 15) is 9.59 Å². The predicted molar refractivity (Wildman–Crippen MR) is 113 cm³/mol. The SMILES string of the molecule is O=C(CCC(=O)N1CCC(c2ccccc2)=N1)NCc1cn2cc(Br)ccc2n1. The van der Waals surface area contributed by atoms with Gasteiger partial charge in [-0.1, -0.05) is 30.3 Å². The van der Waals surface area contributed by atoms with Crippen LogP contribution >= 0.6 is 15.9 Å². The van der Waals surface area contributed by atoms with Gasteiger partial charge in [-0.05, 0) is 33.6 Å². The molecule has 3 heterocycles. The van der Waals surface area contributed by atoms with Crippen LogP contribution in [-0.4, -0.2) is 38.5 Å². The normalized spacial score (nSPS) is 13.6. The Morgan fingerprint density at radius 3 is 2.72 bits per heavy atom. The summed E-state index contributed by atoms with van der Waals surface area (Å²) in [7, 11) is 0. The van der Waals surface area contributed by atoms with E-state index in [1.54, 1.807) is 0 Å². The first-order valence-corrected chi connectivity index (χ1v) is 10.2. The largest absolute Gasteiger partial charge is 0.350 e. The fourth-order valence-corrected chi connectivity index (χ4v) is 3.55. The van der Waals surface area contributed by atoms with Crippen molar-refractivity contribution in [2.45, 2.75) is 25.8 Å². The van der Waals surface area contributed by atoms with Gasteiger partial charge >= 0.3 is 0 Å². The van der Waals surface area contributed by atoms with Crippen LogP contribution in [0.3, 0.4) is 0 Å². The second-order valence-corrected chi connectivity index (χ2v) is 7.72. The van der Waals surface area contributed by atoms with Gasteiger partial charge in [-0.15, -0.1) is 0 Å². The highest BCUT2D eigenvalue weighted by Crippen LogP contribution is 2.15. The zero-order valence-corrected chi connectivity index (χ0v) is 17.3. The Labute approximate surface area is 176 Å². The van der Waals surface area contributed by atoms with Crippen LogP contribution in [0.5, 0.6) is 0 Å². The molecule has 0 aliphatic carbocycles. The van der Waals surface area contributed by atoms with E-state index in [4.69, 9.17) is 0 Å². The highest BCUT2D eigenvalue weighted by molar-refractivity contribution is 9.10. The molecule has 1 aromatic carbocycles. The quantitative estimate of drug-likeness (QED) is 0.622. The Kier molecular flexibility index (Phi) is 5.71. The number of nitrogens with zero attached hydrogens (tertiary/aromatic N) is 4. The molecule has 7 nitrogen and oxygen atoms in total. The molecule has 0 spiro atoms. The summed E-state index contributed by atoms with van der Waals surface area (Å²) in [6.45, 7) is 0.883. The zero-order valence-electron chi connectivity index (χ0n) is 15.7. The van der Waals surface area contributed by atoms with Crippen molar-refractivity contribution in [3.05, 3.63) is 70.6 Å². The molecule has 29 heavy (non-hydrogen) atoms. The fraction of sp³-hybridized carbons (Fsp3) is 0.238. The summed E-state index contributed by atoms with van der Waals surface area (Å²) >= 11 is 3.42. The van der Waals surface area contributed by atoms with Gasteiger partial charge in [-0.25, -0.2) is 9.99 Å². The lowest BCUT2D eigenvalue weighted by atomic mass is 10.1. The number of hydrogen-bond donors (Lipinski definition) is 1. The molecular weight excluding hydrogens is 434 g/mol. The Morgan fingerprint density at radius 1 is 1.07 bits per heavy atom. The van der Waals surface area contributed by atoms with Gasteiger partial charge in [0.25, 0.3) is 0 Å². The van der Waals surface area contributed by atoms with E-state index in [0.717, 1.165) is 33.5 Å². The van der Waals surface area contributed by atoms with E-state index in [2.05, 4.69) is 31.3 Å². The van der Waals surface area contributed by atoms with Crippen LogP contribution in [0, 0.1) is 0 Å². The molecule has 0 unspecified atom stereocenters. The second kappa shape index (κ2) is 8.57. The minimum absolute atomic E-state index is 0.129. The van der Waals surface area contributed by atoms with Gasteiger partial charge in [0.2, 0.25) is 11.8 Å². The van der Waals surface area contributed by atoms with Crippen LogP contribution in [0.15, 0.2) is 64.4 Å². The van der Waals surface area contributed by atoms with E-state index in [0.29, 0.717) is 13.1 Å². The summed E-state index contributed by atoms with van der Waals surface area (Å²) in [5.41, 5.74) is 3.51. The first kappa shape index (κ1) is 19.3. The second-order valence-electron chi connectivity index (χ2n) is 6.80. The first-order chi connectivity index (χ1) is 14.1. The van der Waals surface area contributed by atoms with Crippen LogP contribution in [0.25, 0.3) is 5.65 Å².